The first-order chi connectivity index (χ1) is 14.6. The first-order valence-corrected chi connectivity index (χ1v) is 9.60. The average molecular weight is 402 g/mol. The van der Waals surface area contributed by atoms with Gasteiger partial charge in [-0.15, -0.1) is 0 Å². The highest BCUT2D eigenvalue weighted by molar-refractivity contribution is 5.97. The van der Waals surface area contributed by atoms with E-state index in [1.807, 2.05) is 46.5 Å². The molecule has 30 heavy (non-hydrogen) atoms. The van der Waals surface area contributed by atoms with Crippen LogP contribution in [0.1, 0.15) is 21.9 Å². The maximum atomic E-state index is 13.6. The van der Waals surface area contributed by atoms with Crippen molar-refractivity contribution in [3.63, 3.8) is 0 Å². The van der Waals surface area contributed by atoms with Crippen LogP contribution in [0.15, 0.2) is 71.3 Å². The SMILES string of the molecule is Cn1c(CNC(=O)c2cc3occc3n2Cc2cccc(F)c2)nc2ccccc21. The molecular formula is C23H19FN4O2. The van der Waals surface area contributed by atoms with Crippen molar-refractivity contribution in [3.05, 3.63) is 89.8 Å². The summed E-state index contributed by atoms with van der Waals surface area (Å²) in [6.45, 7) is 0.645. The molecule has 0 aliphatic carbocycles. The number of amides is 1. The number of aryl methyl sites for hydroxylation is 1. The van der Waals surface area contributed by atoms with Crippen LogP contribution in [0.4, 0.5) is 4.39 Å². The number of benzene rings is 2. The number of furan rings is 1. The number of hydrogen-bond donors (Lipinski definition) is 1. The van der Waals surface area contributed by atoms with Crippen LogP contribution in [0.2, 0.25) is 0 Å². The lowest BCUT2D eigenvalue weighted by Gasteiger charge is -2.11. The highest BCUT2D eigenvalue weighted by Gasteiger charge is 2.18. The molecule has 0 atom stereocenters. The van der Waals surface area contributed by atoms with Gasteiger partial charge in [-0.05, 0) is 29.8 Å². The van der Waals surface area contributed by atoms with Crippen LogP contribution in [-0.2, 0) is 20.1 Å². The van der Waals surface area contributed by atoms with Gasteiger partial charge in [-0.3, -0.25) is 4.79 Å². The van der Waals surface area contributed by atoms with E-state index in [0.29, 0.717) is 17.8 Å². The summed E-state index contributed by atoms with van der Waals surface area (Å²) in [6, 6.07) is 17.7. The molecule has 0 unspecified atom stereocenters. The van der Waals surface area contributed by atoms with Crippen LogP contribution in [0.3, 0.4) is 0 Å². The Morgan fingerprint density at radius 1 is 1.10 bits per heavy atom. The number of para-hydroxylation sites is 2. The fourth-order valence-electron chi connectivity index (χ4n) is 3.76. The number of nitrogens with zero attached hydrogens (tertiary/aromatic N) is 3. The molecule has 0 saturated heterocycles. The normalized spacial score (nSPS) is 11.4. The Kier molecular flexibility index (Phi) is 4.35. The number of rotatable bonds is 5. The lowest BCUT2D eigenvalue weighted by Crippen LogP contribution is -2.27. The number of hydrogen-bond acceptors (Lipinski definition) is 3. The molecule has 0 spiro atoms. The van der Waals surface area contributed by atoms with Gasteiger partial charge in [-0.25, -0.2) is 9.37 Å². The van der Waals surface area contributed by atoms with Crippen molar-refractivity contribution in [3.8, 4) is 0 Å². The second-order valence-corrected chi connectivity index (χ2v) is 7.17. The minimum absolute atomic E-state index is 0.246. The fraction of sp³-hybridized carbons (Fsp3) is 0.130. The lowest BCUT2D eigenvalue weighted by atomic mass is 10.2. The highest BCUT2D eigenvalue weighted by Crippen LogP contribution is 2.23. The molecule has 0 fully saturated rings. The van der Waals surface area contributed by atoms with Crippen molar-refractivity contribution in [2.45, 2.75) is 13.1 Å². The smallest absolute Gasteiger partial charge is 0.268 e. The van der Waals surface area contributed by atoms with Gasteiger partial charge in [-0.2, -0.15) is 0 Å². The van der Waals surface area contributed by atoms with E-state index in [1.54, 1.807) is 24.5 Å². The minimum Gasteiger partial charge on any atom is -0.463 e. The van der Waals surface area contributed by atoms with E-state index in [4.69, 9.17) is 4.42 Å². The number of carbonyl (C=O) groups is 1. The predicted octanol–water partition coefficient (Wildman–Crippen LogP) is 4.24. The largest absolute Gasteiger partial charge is 0.463 e. The molecule has 150 valence electrons. The lowest BCUT2D eigenvalue weighted by molar-refractivity contribution is 0.0941. The zero-order valence-electron chi connectivity index (χ0n) is 16.3. The Hall–Kier alpha value is -3.87. The molecule has 0 bridgehead atoms. The third-order valence-corrected chi connectivity index (χ3v) is 5.27. The van der Waals surface area contributed by atoms with E-state index in [0.717, 1.165) is 27.9 Å². The average Bonchev–Trinajstić information content (AvgIpc) is 3.41. The molecule has 0 aliphatic rings. The Morgan fingerprint density at radius 3 is 2.80 bits per heavy atom. The van der Waals surface area contributed by atoms with Gasteiger partial charge < -0.3 is 18.9 Å². The van der Waals surface area contributed by atoms with Crippen molar-refractivity contribution >= 4 is 28.0 Å². The van der Waals surface area contributed by atoms with Gasteiger partial charge in [0.05, 0.1) is 29.4 Å². The van der Waals surface area contributed by atoms with Crippen molar-refractivity contribution < 1.29 is 13.6 Å². The number of fused-ring (bicyclic) bond motifs is 2. The molecule has 1 N–H and O–H groups in total. The van der Waals surface area contributed by atoms with Gasteiger partial charge >= 0.3 is 0 Å². The van der Waals surface area contributed by atoms with E-state index in [2.05, 4.69) is 10.3 Å². The summed E-state index contributed by atoms with van der Waals surface area (Å²) >= 11 is 0. The second kappa shape index (κ2) is 7.18. The molecule has 5 rings (SSSR count). The molecular weight excluding hydrogens is 383 g/mol. The molecule has 6 nitrogen and oxygen atoms in total. The molecule has 3 aromatic heterocycles. The number of imidazole rings is 1. The summed E-state index contributed by atoms with van der Waals surface area (Å²) < 4.78 is 22.9. The van der Waals surface area contributed by atoms with E-state index < -0.39 is 0 Å². The first-order valence-electron chi connectivity index (χ1n) is 9.60. The van der Waals surface area contributed by atoms with Crippen LogP contribution in [0.25, 0.3) is 22.1 Å². The fourth-order valence-corrected chi connectivity index (χ4v) is 3.76. The van der Waals surface area contributed by atoms with Gasteiger partial charge in [-0.1, -0.05) is 24.3 Å². The third-order valence-electron chi connectivity index (χ3n) is 5.27. The molecule has 3 heterocycles. The zero-order valence-corrected chi connectivity index (χ0v) is 16.3. The second-order valence-electron chi connectivity index (χ2n) is 7.17. The van der Waals surface area contributed by atoms with E-state index in [1.165, 1.54) is 12.1 Å². The van der Waals surface area contributed by atoms with Gasteiger partial charge in [0.15, 0.2) is 5.58 Å². The Morgan fingerprint density at radius 2 is 1.97 bits per heavy atom. The summed E-state index contributed by atoms with van der Waals surface area (Å²) in [5.74, 6) is 0.206. The molecule has 0 radical (unpaired) electrons. The summed E-state index contributed by atoms with van der Waals surface area (Å²) in [4.78, 5) is 17.6. The molecule has 5 aromatic rings. The standard InChI is InChI=1S/C23H19FN4O2/c1-27-18-8-3-2-7-17(18)26-22(27)13-25-23(29)20-12-21-19(9-10-30-21)28(20)14-15-5-4-6-16(24)11-15/h2-12H,13-14H2,1H3,(H,25,29). The summed E-state index contributed by atoms with van der Waals surface area (Å²) in [5, 5.41) is 2.95. The van der Waals surface area contributed by atoms with Crippen molar-refractivity contribution in [2.24, 2.45) is 7.05 Å². The van der Waals surface area contributed by atoms with Gasteiger partial charge in [0.25, 0.3) is 5.91 Å². The highest BCUT2D eigenvalue weighted by atomic mass is 19.1. The number of halogens is 1. The van der Waals surface area contributed by atoms with E-state index in [-0.39, 0.29) is 18.3 Å². The number of nitrogens with one attached hydrogen (secondary N) is 1. The van der Waals surface area contributed by atoms with Gasteiger partial charge in [0.1, 0.15) is 17.3 Å². The predicted molar refractivity (Wildman–Crippen MR) is 112 cm³/mol. The third kappa shape index (κ3) is 3.14. The van der Waals surface area contributed by atoms with E-state index in [9.17, 15) is 9.18 Å². The monoisotopic (exact) mass is 402 g/mol. The van der Waals surface area contributed by atoms with Gasteiger partial charge in [0.2, 0.25) is 0 Å². The van der Waals surface area contributed by atoms with Crippen molar-refractivity contribution in [2.75, 3.05) is 0 Å². The van der Waals surface area contributed by atoms with Crippen LogP contribution in [-0.4, -0.2) is 20.0 Å². The topological polar surface area (TPSA) is 65.0 Å². The molecule has 1 amide bonds. The molecule has 7 heteroatoms. The molecule has 0 aliphatic heterocycles. The maximum absolute atomic E-state index is 13.6. The minimum atomic E-state index is -0.309. The van der Waals surface area contributed by atoms with Crippen LogP contribution in [0, 0.1) is 5.82 Å². The Balaban J connectivity index is 1.43. The Labute approximate surface area is 171 Å². The number of carbonyl (C=O) groups excluding carboxylic acids is 1. The van der Waals surface area contributed by atoms with Crippen LogP contribution in [0.5, 0.6) is 0 Å². The molecule has 0 saturated carbocycles. The summed E-state index contributed by atoms with van der Waals surface area (Å²) in [5.41, 5.74) is 4.50. The maximum Gasteiger partial charge on any atom is 0.268 e. The zero-order chi connectivity index (χ0) is 20.7. The van der Waals surface area contributed by atoms with E-state index >= 15 is 0 Å². The van der Waals surface area contributed by atoms with Crippen molar-refractivity contribution in [1.29, 1.82) is 0 Å². The Bertz CT molecular complexity index is 1380. The summed E-state index contributed by atoms with van der Waals surface area (Å²) in [7, 11) is 1.93. The van der Waals surface area contributed by atoms with Crippen molar-refractivity contribution in [1.82, 2.24) is 19.4 Å². The quantitative estimate of drug-likeness (QED) is 0.478. The molecule has 2 aromatic carbocycles. The van der Waals surface area contributed by atoms with Crippen LogP contribution < -0.4 is 5.32 Å². The number of aromatic nitrogens is 3. The summed E-state index contributed by atoms with van der Waals surface area (Å²) in [6.07, 6.45) is 1.58. The van der Waals surface area contributed by atoms with Crippen LogP contribution >= 0.6 is 0 Å². The van der Waals surface area contributed by atoms with Gasteiger partial charge in [0, 0.05) is 25.7 Å². The first kappa shape index (κ1) is 18.2.